The first kappa shape index (κ1) is 13.6. The van der Waals surface area contributed by atoms with Gasteiger partial charge in [-0.2, -0.15) is 0 Å². The summed E-state index contributed by atoms with van der Waals surface area (Å²) in [4.78, 5) is 11.5. The van der Waals surface area contributed by atoms with Crippen molar-refractivity contribution in [1.29, 1.82) is 0 Å². The Morgan fingerprint density at radius 3 is 2.82 bits per heavy atom. The van der Waals surface area contributed by atoms with Crippen LogP contribution in [0.1, 0.15) is 19.4 Å². The number of rotatable bonds is 4. The van der Waals surface area contributed by atoms with E-state index >= 15 is 0 Å². The summed E-state index contributed by atoms with van der Waals surface area (Å²) >= 11 is 5.93. The Morgan fingerprint density at radius 2 is 2.24 bits per heavy atom. The van der Waals surface area contributed by atoms with Crippen LogP contribution in [0.2, 0.25) is 5.02 Å². The minimum absolute atomic E-state index is 0.292. The summed E-state index contributed by atoms with van der Waals surface area (Å²) in [6.45, 7) is 5.77. The number of aryl methyl sites for hydroxylation is 1. The highest BCUT2D eigenvalue weighted by atomic mass is 35.5. The van der Waals surface area contributed by atoms with Crippen molar-refractivity contribution in [2.75, 3.05) is 17.7 Å². The van der Waals surface area contributed by atoms with Crippen LogP contribution in [0, 0.1) is 6.92 Å². The number of esters is 1. The summed E-state index contributed by atoms with van der Waals surface area (Å²) in [5.74, 6) is -0.292. The lowest BCUT2D eigenvalue weighted by Gasteiger charge is -2.16. The fraction of sp³-hybridized carbons (Fsp3) is 0.417. The van der Waals surface area contributed by atoms with E-state index in [2.05, 4.69) is 5.32 Å². The van der Waals surface area contributed by atoms with E-state index in [0.717, 1.165) is 11.3 Å². The molecule has 0 fully saturated rings. The summed E-state index contributed by atoms with van der Waals surface area (Å²) in [7, 11) is 0. The van der Waals surface area contributed by atoms with Gasteiger partial charge in [0.1, 0.15) is 6.04 Å². The smallest absolute Gasteiger partial charge is 0.328 e. The zero-order chi connectivity index (χ0) is 13.0. The highest BCUT2D eigenvalue weighted by molar-refractivity contribution is 6.33. The predicted octanol–water partition coefficient (Wildman–Crippen LogP) is 2.59. The van der Waals surface area contributed by atoms with Crippen molar-refractivity contribution < 1.29 is 9.53 Å². The molecule has 0 saturated heterocycles. The van der Waals surface area contributed by atoms with Gasteiger partial charge in [-0.05, 0) is 38.5 Å². The number of hydrogen-bond acceptors (Lipinski definition) is 4. The Balaban J connectivity index is 2.81. The third kappa shape index (κ3) is 3.53. The Morgan fingerprint density at radius 1 is 1.59 bits per heavy atom. The molecule has 0 aliphatic heterocycles. The van der Waals surface area contributed by atoms with Crippen LogP contribution in [0.25, 0.3) is 0 Å². The first-order valence-corrected chi connectivity index (χ1v) is 5.82. The average Bonchev–Trinajstić information content (AvgIpc) is 2.26. The van der Waals surface area contributed by atoms with E-state index < -0.39 is 6.04 Å². The summed E-state index contributed by atoms with van der Waals surface area (Å²) in [6, 6.07) is 3.05. The third-order valence-electron chi connectivity index (χ3n) is 2.36. The highest BCUT2D eigenvalue weighted by Gasteiger charge is 2.15. The first-order chi connectivity index (χ1) is 7.95. The Kier molecular flexibility index (Phi) is 4.63. The monoisotopic (exact) mass is 256 g/mol. The van der Waals surface area contributed by atoms with Crippen LogP contribution >= 0.6 is 11.6 Å². The van der Waals surface area contributed by atoms with Gasteiger partial charge in [-0.3, -0.25) is 0 Å². The Hall–Kier alpha value is -1.42. The summed E-state index contributed by atoms with van der Waals surface area (Å²) in [6.07, 6.45) is 0. The summed E-state index contributed by atoms with van der Waals surface area (Å²) in [5, 5.41) is 3.52. The minimum atomic E-state index is -0.423. The zero-order valence-corrected chi connectivity index (χ0v) is 11.0. The number of ether oxygens (including phenoxy) is 1. The molecule has 17 heavy (non-hydrogen) atoms. The number of hydrogen-bond donors (Lipinski definition) is 2. The number of nitrogens with one attached hydrogen (secondary N) is 1. The van der Waals surface area contributed by atoms with Crippen molar-refractivity contribution in [2.45, 2.75) is 26.8 Å². The van der Waals surface area contributed by atoms with E-state index in [4.69, 9.17) is 22.1 Å². The van der Waals surface area contributed by atoms with Gasteiger partial charge in [0.05, 0.1) is 17.3 Å². The second-order valence-corrected chi connectivity index (χ2v) is 4.21. The van der Waals surface area contributed by atoms with E-state index in [1.807, 2.05) is 6.92 Å². The molecule has 0 bridgehead atoms. The summed E-state index contributed by atoms with van der Waals surface area (Å²) < 4.78 is 4.91. The van der Waals surface area contributed by atoms with Crippen LogP contribution in [0.15, 0.2) is 12.1 Å². The number of nitrogens with two attached hydrogens (primary N) is 1. The standard InChI is InChI=1S/C12H17ClN2O2/c1-4-17-12(16)8(3)15-11-6-9(13)10(14)5-7(11)2/h5-6,8,15H,4,14H2,1-3H3. The van der Waals surface area contributed by atoms with Crippen molar-refractivity contribution >= 4 is 28.9 Å². The minimum Gasteiger partial charge on any atom is -0.464 e. The highest BCUT2D eigenvalue weighted by Crippen LogP contribution is 2.27. The van der Waals surface area contributed by atoms with Gasteiger partial charge in [0.2, 0.25) is 0 Å². The largest absolute Gasteiger partial charge is 0.464 e. The van der Waals surface area contributed by atoms with Crippen LogP contribution in [0.3, 0.4) is 0 Å². The van der Waals surface area contributed by atoms with Gasteiger partial charge in [-0.15, -0.1) is 0 Å². The average molecular weight is 257 g/mol. The van der Waals surface area contributed by atoms with E-state index in [-0.39, 0.29) is 5.97 Å². The lowest BCUT2D eigenvalue weighted by atomic mass is 10.1. The Labute approximate surface area is 106 Å². The maximum absolute atomic E-state index is 11.5. The second-order valence-electron chi connectivity index (χ2n) is 3.81. The Bertz CT molecular complexity index is 421. The molecule has 0 aliphatic rings. The maximum Gasteiger partial charge on any atom is 0.328 e. The molecule has 94 valence electrons. The fourth-order valence-corrected chi connectivity index (χ4v) is 1.58. The third-order valence-corrected chi connectivity index (χ3v) is 2.68. The maximum atomic E-state index is 11.5. The van der Waals surface area contributed by atoms with Crippen molar-refractivity contribution in [3.8, 4) is 0 Å². The summed E-state index contributed by atoms with van der Waals surface area (Å²) in [5.41, 5.74) is 7.92. The van der Waals surface area contributed by atoms with Crippen LogP contribution in [-0.2, 0) is 9.53 Å². The van der Waals surface area contributed by atoms with E-state index in [0.29, 0.717) is 17.3 Å². The van der Waals surface area contributed by atoms with Gasteiger partial charge in [0.25, 0.3) is 0 Å². The van der Waals surface area contributed by atoms with Gasteiger partial charge in [0.15, 0.2) is 0 Å². The molecule has 4 nitrogen and oxygen atoms in total. The molecule has 0 spiro atoms. The number of carbonyl (C=O) groups is 1. The lowest BCUT2D eigenvalue weighted by molar-refractivity contribution is -0.143. The molecule has 1 atom stereocenters. The van der Waals surface area contributed by atoms with Crippen molar-refractivity contribution in [2.24, 2.45) is 0 Å². The van der Waals surface area contributed by atoms with Crippen LogP contribution in [0.4, 0.5) is 11.4 Å². The van der Waals surface area contributed by atoms with Crippen LogP contribution in [-0.4, -0.2) is 18.6 Å². The molecular formula is C12H17ClN2O2. The number of halogens is 1. The van der Waals surface area contributed by atoms with Crippen molar-refractivity contribution in [3.05, 3.63) is 22.7 Å². The van der Waals surface area contributed by atoms with E-state index in [9.17, 15) is 4.79 Å². The molecule has 3 N–H and O–H groups in total. The SMILES string of the molecule is CCOC(=O)C(C)Nc1cc(Cl)c(N)cc1C. The molecule has 1 aromatic carbocycles. The zero-order valence-electron chi connectivity index (χ0n) is 10.2. The predicted molar refractivity (Wildman–Crippen MR) is 70.3 cm³/mol. The molecule has 0 aliphatic carbocycles. The quantitative estimate of drug-likeness (QED) is 0.642. The van der Waals surface area contributed by atoms with Crippen molar-refractivity contribution in [3.63, 3.8) is 0 Å². The molecule has 0 radical (unpaired) electrons. The fourth-order valence-electron chi connectivity index (χ4n) is 1.42. The molecule has 1 aromatic rings. The van der Waals surface area contributed by atoms with Gasteiger partial charge in [-0.25, -0.2) is 4.79 Å². The van der Waals surface area contributed by atoms with Crippen molar-refractivity contribution in [1.82, 2.24) is 0 Å². The second kappa shape index (κ2) is 5.77. The number of nitrogen functional groups attached to an aromatic ring is 1. The molecular weight excluding hydrogens is 240 g/mol. The van der Waals surface area contributed by atoms with E-state index in [1.54, 1.807) is 26.0 Å². The molecule has 1 rings (SSSR count). The van der Waals surface area contributed by atoms with Gasteiger partial charge < -0.3 is 15.8 Å². The van der Waals surface area contributed by atoms with E-state index in [1.165, 1.54) is 0 Å². The van der Waals surface area contributed by atoms with Gasteiger partial charge in [-0.1, -0.05) is 11.6 Å². The molecule has 5 heteroatoms. The number of benzene rings is 1. The van der Waals surface area contributed by atoms with Crippen LogP contribution < -0.4 is 11.1 Å². The molecule has 0 aromatic heterocycles. The molecule has 1 unspecified atom stereocenters. The first-order valence-electron chi connectivity index (χ1n) is 5.44. The lowest BCUT2D eigenvalue weighted by Crippen LogP contribution is -2.28. The number of anilines is 2. The molecule has 0 amide bonds. The topological polar surface area (TPSA) is 64.3 Å². The van der Waals surface area contributed by atoms with Crippen LogP contribution in [0.5, 0.6) is 0 Å². The normalized spacial score (nSPS) is 12.0. The number of carbonyl (C=O) groups excluding carboxylic acids is 1. The van der Waals surface area contributed by atoms with Gasteiger partial charge in [0, 0.05) is 5.69 Å². The molecule has 0 heterocycles. The molecule has 0 saturated carbocycles. The van der Waals surface area contributed by atoms with Gasteiger partial charge >= 0.3 is 5.97 Å².